The van der Waals surface area contributed by atoms with Crippen molar-refractivity contribution >= 4 is 29.8 Å². The number of carbonyl (C=O) groups is 5. The van der Waals surface area contributed by atoms with Gasteiger partial charge in [-0.25, -0.2) is 9.59 Å². The van der Waals surface area contributed by atoms with Crippen LogP contribution in [0.1, 0.15) is 59.3 Å². The fraction of sp³-hybridized carbons (Fsp3) is 0.636. The fourth-order valence-electron chi connectivity index (χ4n) is 4.72. The summed E-state index contributed by atoms with van der Waals surface area (Å²) in [6.07, 6.45) is 2.47. The zero-order valence-electron chi connectivity index (χ0n) is 19.7. The molecule has 2 saturated heterocycles. The maximum atomic E-state index is 13.1. The molecular weight excluding hydrogens is 442 g/mol. The Bertz CT molecular complexity index is 1000. The minimum atomic E-state index is -1.09. The first-order valence-corrected chi connectivity index (χ1v) is 11.4. The van der Waals surface area contributed by atoms with Crippen LogP contribution in [0.2, 0.25) is 0 Å². The monoisotopic (exact) mass is 473 g/mol. The molecule has 3 fully saturated rings. The summed E-state index contributed by atoms with van der Waals surface area (Å²) in [6.45, 7) is 5.32. The highest BCUT2D eigenvalue weighted by Gasteiger charge is 2.52. The molecule has 7 amide bonds. The molecule has 0 aromatic heterocycles. The van der Waals surface area contributed by atoms with Crippen molar-refractivity contribution in [1.29, 1.82) is 5.26 Å². The minimum Gasteiger partial charge on any atom is -0.385 e. The molecule has 184 valence electrons. The number of nitriles is 1. The van der Waals surface area contributed by atoms with Crippen molar-refractivity contribution in [2.45, 2.75) is 70.9 Å². The molecule has 12 nitrogen and oxygen atoms in total. The van der Waals surface area contributed by atoms with E-state index >= 15 is 0 Å². The Morgan fingerprint density at radius 2 is 1.74 bits per heavy atom. The summed E-state index contributed by atoms with van der Waals surface area (Å²) in [5.41, 5.74) is 8.79. The smallest absolute Gasteiger partial charge is 0.334 e. The second-order valence-electron chi connectivity index (χ2n) is 9.63. The lowest BCUT2D eigenvalue weighted by molar-refractivity contribution is -0.138. The van der Waals surface area contributed by atoms with Crippen molar-refractivity contribution in [2.24, 2.45) is 16.9 Å². The number of nitrogens with two attached hydrogens (primary N) is 2. The van der Waals surface area contributed by atoms with E-state index in [1.165, 1.54) is 4.90 Å². The van der Waals surface area contributed by atoms with Gasteiger partial charge in [-0.2, -0.15) is 5.26 Å². The van der Waals surface area contributed by atoms with Crippen molar-refractivity contribution < 1.29 is 24.0 Å². The lowest BCUT2D eigenvalue weighted by atomic mass is 9.72. The van der Waals surface area contributed by atoms with E-state index in [2.05, 4.69) is 11.4 Å². The summed E-state index contributed by atoms with van der Waals surface area (Å²) < 4.78 is 0. The normalized spacial score (nSPS) is 27.2. The van der Waals surface area contributed by atoms with E-state index in [4.69, 9.17) is 11.5 Å². The summed E-state index contributed by atoms with van der Waals surface area (Å²) in [4.78, 5) is 66.7. The Hall–Kier alpha value is -3.62. The molecule has 0 aromatic rings. The molecule has 3 rings (SSSR count). The predicted molar refractivity (Wildman–Crippen MR) is 119 cm³/mol. The molecule has 0 radical (unpaired) electrons. The standard InChI is InChI=1S/C22H31N7O5/c1-4-5-10-27-16(30)14(15(24)25)17(31)29(20(27)34)13-6-8-22(11-23,9-7-13)12-28-19(33)26-18(32)21(28,2)3/h13H,4-10,12,24-25H2,1-3H3,(H,26,32,33). The molecule has 2 heterocycles. The predicted octanol–water partition coefficient (Wildman–Crippen LogP) is 0.489. The number of amides is 7. The number of urea groups is 2. The first-order valence-electron chi connectivity index (χ1n) is 11.4. The first-order chi connectivity index (χ1) is 15.9. The van der Waals surface area contributed by atoms with Gasteiger partial charge in [0.1, 0.15) is 16.9 Å². The Morgan fingerprint density at radius 1 is 1.12 bits per heavy atom. The van der Waals surface area contributed by atoms with Gasteiger partial charge < -0.3 is 16.4 Å². The van der Waals surface area contributed by atoms with Crippen LogP contribution in [-0.2, 0) is 14.4 Å². The molecule has 1 saturated carbocycles. The maximum absolute atomic E-state index is 13.1. The van der Waals surface area contributed by atoms with Gasteiger partial charge in [-0.15, -0.1) is 0 Å². The first kappa shape index (κ1) is 25.0. The zero-order chi connectivity index (χ0) is 25.4. The summed E-state index contributed by atoms with van der Waals surface area (Å²) in [6, 6.07) is 0.475. The average molecular weight is 474 g/mol. The molecule has 2 aliphatic heterocycles. The molecule has 0 aromatic carbocycles. The molecule has 0 unspecified atom stereocenters. The van der Waals surface area contributed by atoms with E-state index in [9.17, 15) is 29.2 Å². The van der Waals surface area contributed by atoms with E-state index in [1.54, 1.807) is 13.8 Å². The Labute approximate surface area is 197 Å². The number of imide groups is 3. The highest BCUT2D eigenvalue weighted by molar-refractivity contribution is 6.29. The second-order valence-corrected chi connectivity index (χ2v) is 9.63. The van der Waals surface area contributed by atoms with E-state index < -0.39 is 58.2 Å². The molecule has 0 bridgehead atoms. The van der Waals surface area contributed by atoms with Crippen LogP contribution >= 0.6 is 0 Å². The highest BCUT2D eigenvalue weighted by atomic mass is 16.2. The maximum Gasteiger partial charge on any atom is 0.334 e. The molecule has 0 spiro atoms. The van der Waals surface area contributed by atoms with Crippen molar-refractivity contribution in [3.05, 3.63) is 11.4 Å². The van der Waals surface area contributed by atoms with Gasteiger partial charge in [0.2, 0.25) is 0 Å². The lowest BCUT2D eigenvalue weighted by Crippen LogP contribution is -2.61. The highest BCUT2D eigenvalue weighted by Crippen LogP contribution is 2.41. The molecule has 1 aliphatic carbocycles. The van der Waals surface area contributed by atoms with Crippen LogP contribution in [0.25, 0.3) is 0 Å². The fourth-order valence-corrected chi connectivity index (χ4v) is 4.72. The molecule has 12 heteroatoms. The van der Waals surface area contributed by atoms with Gasteiger partial charge in [-0.3, -0.25) is 29.5 Å². The third-order valence-electron chi connectivity index (χ3n) is 7.02. The van der Waals surface area contributed by atoms with Crippen LogP contribution in [-0.4, -0.2) is 69.2 Å². The van der Waals surface area contributed by atoms with Crippen molar-refractivity contribution in [1.82, 2.24) is 20.0 Å². The van der Waals surface area contributed by atoms with E-state index in [-0.39, 0.29) is 13.1 Å². The van der Waals surface area contributed by atoms with E-state index in [0.29, 0.717) is 32.1 Å². The molecule has 5 N–H and O–H groups in total. The van der Waals surface area contributed by atoms with Crippen molar-refractivity contribution in [3.8, 4) is 6.07 Å². The van der Waals surface area contributed by atoms with Crippen LogP contribution in [0, 0.1) is 16.7 Å². The van der Waals surface area contributed by atoms with Gasteiger partial charge in [0.15, 0.2) is 0 Å². The molecule has 3 aliphatic rings. The second kappa shape index (κ2) is 8.96. The number of nitrogens with zero attached hydrogens (tertiary/aromatic N) is 4. The Kier molecular flexibility index (Phi) is 6.59. The van der Waals surface area contributed by atoms with Gasteiger partial charge in [0.25, 0.3) is 17.7 Å². The minimum absolute atomic E-state index is 0.0463. The van der Waals surface area contributed by atoms with Crippen molar-refractivity contribution in [3.63, 3.8) is 0 Å². The van der Waals surface area contributed by atoms with Crippen LogP contribution in [0.15, 0.2) is 11.4 Å². The third kappa shape index (κ3) is 4.06. The van der Waals surface area contributed by atoms with Crippen LogP contribution in [0.3, 0.4) is 0 Å². The number of rotatable bonds is 6. The SMILES string of the molecule is CCCCN1C(=O)C(=C(N)N)C(=O)N(C2CCC(C#N)(CN3C(=O)NC(=O)C3(C)C)CC2)C1=O. The number of barbiturate groups is 1. The van der Waals surface area contributed by atoms with Gasteiger partial charge in [-0.1, -0.05) is 13.3 Å². The summed E-state index contributed by atoms with van der Waals surface area (Å²) in [5.74, 6) is -2.50. The zero-order valence-corrected chi connectivity index (χ0v) is 19.7. The van der Waals surface area contributed by atoms with Gasteiger partial charge >= 0.3 is 12.1 Å². The number of hydrogen-bond acceptors (Lipinski definition) is 8. The largest absolute Gasteiger partial charge is 0.385 e. The van der Waals surface area contributed by atoms with Gasteiger partial charge in [0.05, 0.1) is 11.5 Å². The quantitative estimate of drug-likeness (QED) is 0.283. The van der Waals surface area contributed by atoms with Crippen molar-refractivity contribution in [2.75, 3.05) is 13.1 Å². The van der Waals surface area contributed by atoms with Gasteiger partial charge in [0, 0.05) is 19.1 Å². The summed E-state index contributed by atoms with van der Waals surface area (Å²) >= 11 is 0. The molecule has 0 atom stereocenters. The van der Waals surface area contributed by atoms with Crippen LogP contribution in [0.4, 0.5) is 9.59 Å². The summed E-state index contributed by atoms with van der Waals surface area (Å²) in [5, 5.41) is 12.3. The van der Waals surface area contributed by atoms with Crippen LogP contribution in [0.5, 0.6) is 0 Å². The van der Waals surface area contributed by atoms with Crippen LogP contribution < -0.4 is 16.8 Å². The van der Waals surface area contributed by atoms with E-state index in [1.807, 2.05) is 6.92 Å². The summed E-state index contributed by atoms with van der Waals surface area (Å²) in [7, 11) is 0. The van der Waals surface area contributed by atoms with Gasteiger partial charge in [-0.05, 0) is 46.0 Å². The number of nitrogens with one attached hydrogen (secondary N) is 1. The molecule has 34 heavy (non-hydrogen) atoms. The average Bonchev–Trinajstić information content (AvgIpc) is 2.96. The number of carbonyl (C=O) groups excluding carboxylic acids is 5. The molecular formula is C22H31N7O5. The number of unbranched alkanes of at least 4 members (excludes halogenated alkanes) is 1. The lowest BCUT2D eigenvalue weighted by Gasteiger charge is -2.44. The third-order valence-corrected chi connectivity index (χ3v) is 7.02. The van der Waals surface area contributed by atoms with E-state index in [0.717, 1.165) is 16.2 Å². The Morgan fingerprint density at radius 3 is 2.21 bits per heavy atom. The number of hydrogen-bond donors (Lipinski definition) is 3. The Balaban J connectivity index is 1.81. The topological polar surface area (TPSA) is 183 Å².